The Morgan fingerprint density at radius 1 is 0.287 bits per heavy atom. The van der Waals surface area contributed by atoms with Crippen LogP contribution in [0.5, 0.6) is 0 Å². The SMILES string of the molecule is C=C(C)C(=O)OC(C)(C)c1ccc(-c2ccccc2)cc1.C=C(C)C(=O)OC(C)(C)c1ccc(C(C)(C)C)cc1.C=C(C)C(=O)OC(C)(C)c1ccc2ccccc2c1.C=C(C)C(=O)OC(C)(c1ccccc1)C(C)C.C=C(C)C(=O)OC(C)(c1ccccc1)c1ccccc1.C=C(C)C(=O)OC(CCC)(CCC)c1ccccc1. The molecule has 0 saturated carbocycles. The Labute approximate surface area is 687 Å². The molecular formula is C103H124O12. The Kier molecular flexibility index (Phi) is 36.4. The van der Waals surface area contributed by atoms with Crippen molar-refractivity contribution in [2.24, 2.45) is 5.92 Å². The van der Waals surface area contributed by atoms with Crippen molar-refractivity contribution >= 4 is 46.6 Å². The Balaban J connectivity index is 0.000000291. The molecular weight excluding hydrogens is 1430 g/mol. The normalized spacial score (nSPS) is 11.7. The van der Waals surface area contributed by atoms with Gasteiger partial charge in [0.15, 0.2) is 5.60 Å². The van der Waals surface area contributed by atoms with E-state index in [0.717, 1.165) is 75.6 Å². The smallest absolute Gasteiger partial charge is 0.334 e. The molecule has 1 unspecified atom stereocenters. The molecule has 0 amide bonds. The number of benzene rings is 9. The maximum atomic E-state index is 12.0. The zero-order valence-electron chi connectivity index (χ0n) is 72.1. The molecule has 608 valence electrons. The van der Waals surface area contributed by atoms with Gasteiger partial charge in [-0.25, -0.2) is 28.8 Å². The summed E-state index contributed by atoms with van der Waals surface area (Å²) in [6.07, 6.45) is 3.62. The van der Waals surface area contributed by atoms with Crippen LogP contribution in [0.15, 0.2) is 316 Å². The van der Waals surface area contributed by atoms with Crippen molar-refractivity contribution in [2.45, 2.75) is 210 Å². The predicted octanol–water partition coefficient (Wildman–Crippen LogP) is 25.6. The molecule has 9 rings (SSSR count). The van der Waals surface area contributed by atoms with Gasteiger partial charge in [-0.3, -0.25) is 0 Å². The van der Waals surface area contributed by atoms with Gasteiger partial charge < -0.3 is 28.4 Å². The van der Waals surface area contributed by atoms with E-state index in [1.165, 1.54) is 16.5 Å². The number of fused-ring (bicyclic) bond motifs is 1. The van der Waals surface area contributed by atoms with Gasteiger partial charge in [0.2, 0.25) is 0 Å². The van der Waals surface area contributed by atoms with Crippen LogP contribution in [0.25, 0.3) is 21.9 Å². The minimum absolute atomic E-state index is 0.122. The van der Waals surface area contributed by atoms with Gasteiger partial charge in [0, 0.05) is 33.4 Å². The predicted molar refractivity (Wildman–Crippen MR) is 471 cm³/mol. The molecule has 0 aliphatic heterocycles. The molecule has 115 heavy (non-hydrogen) atoms. The monoisotopic (exact) mass is 1550 g/mol. The summed E-state index contributed by atoms with van der Waals surface area (Å²) in [6.45, 7) is 61.7. The Morgan fingerprint density at radius 2 is 0.565 bits per heavy atom. The van der Waals surface area contributed by atoms with Crippen LogP contribution in [0.3, 0.4) is 0 Å². The van der Waals surface area contributed by atoms with Crippen molar-refractivity contribution < 1.29 is 57.2 Å². The molecule has 0 aliphatic rings. The first-order valence-corrected chi connectivity index (χ1v) is 39.1. The van der Waals surface area contributed by atoms with Crippen molar-refractivity contribution in [1.29, 1.82) is 0 Å². The van der Waals surface area contributed by atoms with E-state index < -0.39 is 33.6 Å². The standard InChI is InChI=1S/C19H20O2.C18H18O2.C17H18O2.2C17H24O2.C15H20O2/c1-14(2)18(20)21-19(3,4)17-12-10-16(11-13-17)15-8-6-5-7-9-15;1-14(2)17(19)20-18(3,15-10-6-4-7-11-15)16-12-8-5-9-13-16;1-12(2)16(18)19-17(3,4)15-10-9-13-7-5-6-8-14(13)11-15;1-12(2)15(18)19-17(6,7)14-10-8-13(9-11-14)16(3,4)5;1-5-12-17(13-6-2,19-16(18)14(3)4)15-10-8-7-9-11-15;1-11(2)14(16)17-15(5,12(3)4)13-9-7-6-8-10-13/h5-13H,1H2,2-4H3;4-13H,1H2,2-3H3;5-11H,1H2,2-4H3;8-11H,1H2,2-7H3;7-11H,3,5-6,12-13H2,1-2,4H3;6-10,12H,1H2,2-5H3. The molecule has 0 fully saturated rings. The third-order valence-corrected chi connectivity index (χ3v) is 19.3. The topological polar surface area (TPSA) is 158 Å². The lowest BCUT2D eigenvalue weighted by atomic mass is 9.85. The summed E-state index contributed by atoms with van der Waals surface area (Å²) in [7, 11) is 0. The van der Waals surface area contributed by atoms with E-state index >= 15 is 0 Å². The molecule has 0 saturated heterocycles. The number of carbonyl (C=O) groups excluding carboxylic acids is 6. The number of hydrogen-bond donors (Lipinski definition) is 0. The highest BCUT2D eigenvalue weighted by atomic mass is 16.6. The molecule has 0 aliphatic carbocycles. The van der Waals surface area contributed by atoms with Crippen LogP contribution in [-0.4, -0.2) is 35.8 Å². The fourth-order valence-electron chi connectivity index (χ4n) is 11.8. The molecule has 0 spiro atoms. The van der Waals surface area contributed by atoms with Crippen molar-refractivity contribution in [3.05, 3.63) is 360 Å². The van der Waals surface area contributed by atoms with E-state index in [1.54, 1.807) is 41.5 Å². The first kappa shape index (κ1) is 95.9. The lowest BCUT2D eigenvalue weighted by Crippen LogP contribution is -2.34. The van der Waals surface area contributed by atoms with E-state index in [1.807, 2.05) is 269 Å². The zero-order valence-corrected chi connectivity index (χ0v) is 72.1. The minimum atomic E-state index is -0.821. The summed E-state index contributed by atoms with van der Waals surface area (Å²) < 4.78 is 33.6. The second-order valence-corrected chi connectivity index (χ2v) is 32.1. The van der Waals surface area contributed by atoms with Gasteiger partial charge >= 0.3 is 35.8 Å². The van der Waals surface area contributed by atoms with Gasteiger partial charge in [-0.2, -0.15) is 0 Å². The van der Waals surface area contributed by atoms with Crippen molar-refractivity contribution in [3.63, 3.8) is 0 Å². The molecule has 9 aromatic carbocycles. The van der Waals surface area contributed by atoms with E-state index in [-0.39, 0.29) is 47.1 Å². The van der Waals surface area contributed by atoms with Crippen molar-refractivity contribution in [2.75, 3.05) is 0 Å². The van der Waals surface area contributed by atoms with Crippen LogP contribution < -0.4 is 0 Å². The molecule has 0 N–H and O–H groups in total. The van der Waals surface area contributed by atoms with E-state index in [4.69, 9.17) is 28.4 Å². The average Bonchev–Trinajstić information content (AvgIpc) is 0.789. The van der Waals surface area contributed by atoms with Crippen LogP contribution in [0, 0.1) is 5.92 Å². The van der Waals surface area contributed by atoms with Gasteiger partial charge in [-0.15, -0.1) is 0 Å². The summed E-state index contributed by atoms with van der Waals surface area (Å²) in [6, 6.07) is 80.0. The summed E-state index contributed by atoms with van der Waals surface area (Å²) in [5, 5.41) is 2.31. The fourth-order valence-corrected chi connectivity index (χ4v) is 11.8. The highest BCUT2D eigenvalue weighted by molar-refractivity contribution is 5.90. The second-order valence-electron chi connectivity index (χ2n) is 32.1. The summed E-state index contributed by atoms with van der Waals surface area (Å²) in [4.78, 5) is 70.7. The van der Waals surface area contributed by atoms with E-state index in [9.17, 15) is 28.8 Å². The molecule has 9 aromatic rings. The van der Waals surface area contributed by atoms with Gasteiger partial charge in [-0.05, 0) is 194 Å². The molecule has 0 aromatic heterocycles. The first-order valence-electron chi connectivity index (χ1n) is 39.1. The average molecular weight is 1550 g/mol. The molecule has 0 radical (unpaired) electrons. The van der Waals surface area contributed by atoms with Crippen LogP contribution in [0.1, 0.15) is 216 Å². The maximum Gasteiger partial charge on any atom is 0.334 e. The third-order valence-electron chi connectivity index (χ3n) is 19.3. The lowest BCUT2D eigenvalue weighted by molar-refractivity contribution is -0.159. The van der Waals surface area contributed by atoms with E-state index in [0.29, 0.717) is 33.4 Å². The first-order chi connectivity index (χ1) is 53.8. The van der Waals surface area contributed by atoms with Crippen LogP contribution in [-0.2, 0) is 96.2 Å². The number of ether oxygens (including phenoxy) is 6. The largest absolute Gasteiger partial charge is 0.451 e. The molecule has 12 nitrogen and oxygen atoms in total. The summed E-state index contributed by atoms with van der Waals surface area (Å²) in [5.41, 5.74) is 9.11. The van der Waals surface area contributed by atoms with Gasteiger partial charge in [-0.1, -0.05) is 337 Å². The molecule has 1 atom stereocenters. The second kappa shape index (κ2) is 43.7. The molecule has 12 heteroatoms. The van der Waals surface area contributed by atoms with Gasteiger partial charge in [0.05, 0.1) is 0 Å². The molecule has 0 bridgehead atoms. The number of carbonyl (C=O) groups is 6. The highest BCUT2D eigenvalue weighted by Gasteiger charge is 2.38. The van der Waals surface area contributed by atoms with Crippen LogP contribution in [0.2, 0.25) is 0 Å². The maximum absolute atomic E-state index is 12.0. The fraction of sp³-hybridized carbons (Fsp3) is 0.320. The Hall–Kier alpha value is -11.5. The van der Waals surface area contributed by atoms with Crippen LogP contribution >= 0.6 is 0 Å². The minimum Gasteiger partial charge on any atom is -0.451 e. The van der Waals surface area contributed by atoms with Crippen molar-refractivity contribution in [3.8, 4) is 11.1 Å². The summed E-state index contributed by atoms with van der Waals surface area (Å²) >= 11 is 0. The van der Waals surface area contributed by atoms with Crippen LogP contribution in [0.4, 0.5) is 0 Å². The number of rotatable bonds is 25. The zero-order chi connectivity index (χ0) is 86.3. The van der Waals surface area contributed by atoms with Gasteiger partial charge in [0.1, 0.15) is 28.0 Å². The quantitative estimate of drug-likeness (QED) is 0.0303. The Bertz CT molecular complexity index is 4680. The Morgan fingerprint density at radius 3 is 0.922 bits per heavy atom. The third kappa shape index (κ3) is 29.1. The van der Waals surface area contributed by atoms with Gasteiger partial charge in [0.25, 0.3) is 0 Å². The number of esters is 6. The lowest BCUT2D eigenvalue weighted by Gasteiger charge is -2.34. The van der Waals surface area contributed by atoms with Crippen molar-refractivity contribution in [1.82, 2.24) is 0 Å². The van der Waals surface area contributed by atoms with E-state index in [2.05, 4.69) is 117 Å². The summed E-state index contributed by atoms with van der Waals surface area (Å²) in [5.74, 6) is -1.93. The number of hydrogen-bond acceptors (Lipinski definition) is 12. The molecule has 0 heterocycles. The highest BCUT2D eigenvalue weighted by Crippen LogP contribution is 2.39.